The van der Waals surface area contributed by atoms with Gasteiger partial charge >= 0.3 is 0 Å². The van der Waals surface area contributed by atoms with Crippen LogP contribution in [0, 0.1) is 6.92 Å². The predicted molar refractivity (Wildman–Crippen MR) is 103 cm³/mol. The highest BCUT2D eigenvalue weighted by Gasteiger charge is 2.31. The summed E-state index contributed by atoms with van der Waals surface area (Å²) >= 11 is 0. The van der Waals surface area contributed by atoms with E-state index in [4.69, 9.17) is 4.74 Å². The molecule has 3 heteroatoms. The number of hydrogen-bond acceptors (Lipinski definition) is 3. The summed E-state index contributed by atoms with van der Waals surface area (Å²) in [5.41, 5.74) is 1.26. The lowest BCUT2D eigenvalue weighted by atomic mass is 9.89. The molecule has 0 amide bonds. The minimum atomic E-state index is 0.198. The summed E-state index contributed by atoms with van der Waals surface area (Å²) in [6.45, 7) is 10.4. The van der Waals surface area contributed by atoms with Crippen LogP contribution < -0.4 is 4.74 Å². The molecule has 2 heterocycles. The van der Waals surface area contributed by atoms with Crippen LogP contribution in [0.25, 0.3) is 0 Å². The van der Waals surface area contributed by atoms with Crippen molar-refractivity contribution in [3.63, 3.8) is 0 Å². The number of rotatable bonds is 5. The first kappa shape index (κ1) is 17.4. The van der Waals surface area contributed by atoms with Crippen LogP contribution in [0.4, 0.5) is 0 Å². The minimum absolute atomic E-state index is 0.198. The maximum atomic E-state index is 6.49. The van der Waals surface area contributed by atoms with Gasteiger partial charge in [0, 0.05) is 36.8 Å². The maximum absolute atomic E-state index is 6.49. The molecule has 0 bridgehead atoms. The molecule has 3 fully saturated rings. The summed E-state index contributed by atoms with van der Waals surface area (Å²) in [6.07, 6.45) is 9.50. The van der Waals surface area contributed by atoms with Crippen LogP contribution in [0.3, 0.4) is 0 Å². The quantitative estimate of drug-likeness (QED) is 0.787. The van der Waals surface area contributed by atoms with Gasteiger partial charge in [-0.3, -0.25) is 4.90 Å². The van der Waals surface area contributed by atoms with Gasteiger partial charge in [0.1, 0.15) is 11.9 Å². The zero-order chi connectivity index (χ0) is 17.2. The monoisotopic (exact) mass is 341 g/mol. The summed E-state index contributed by atoms with van der Waals surface area (Å²) in [5.74, 6) is 1.06. The van der Waals surface area contributed by atoms with Crippen molar-refractivity contribution in [2.24, 2.45) is 0 Å². The fourth-order valence-corrected chi connectivity index (χ4v) is 4.75. The number of likely N-dealkylation sites (tertiary alicyclic amines) is 2. The normalized spacial score (nSPS) is 28.0. The molecule has 2 atom stereocenters. The van der Waals surface area contributed by atoms with Crippen LogP contribution in [0.15, 0.2) is 24.3 Å². The maximum Gasteiger partial charge on any atom is 0.124 e. The number of para-hydroxylation sites is 1. The van der Waals surface area contributed by atoms with Gasteiger partial charge in [-0.1, -0.05) is 24.6 Å². The Morgan fingerprint density at radius 1 is 1.00 bits per heavy atom. The predicted octanol–water partition coefficient (Wildman–Crippen LogP) is 4.44. The zero-order valence-electron chi connectivity index (χ0n) is 15.7. The molecule has 2 aliphatic heterocycles. The molecule has 1 aromatic rings. The summed E-state index contributed by atoms with van der Waals surface area (Å²) in [7, 11) is 0. The molecular formula is C22H33N2O. The lowest BCUT2D eigenvalue weighted by Crippen LogP contribution is -2.46. The van der Waals surface area contributed by atoms with Gasteiger partial charge in [-0.2, -0.15) is 0 Å². The van der Waals surface area contributed by atoms with Gasteiger partial charge in [0.05, 0.1) is 0 Å². The molecule has 137 valence electrons. The van der Waals surface area contributed by atoms with Crippen molar-refractivity contribution in [3.8, 4) is 5.75 Å². The van der Waals surface area contributed by atoms with Gasteiger partial charge in [-0.15, -0.1) is 0 Å². The summed E-state index contributed by atoms with van der Waals surface area (Å²) in [5, 5.41) is 0. The second-order valence-corrected chi connectivity index (χ2v) is 8.22. The van der Waals surface area contributed by atoms with E-state index in [2.05, 4.69) is 47.9 Å². The first-order chi connectivity index (χ1) is 12.2. The van der Waals surface area contributed by atoms with E-state index in [0.29, 0.717) is 12.1 Å². The summed E-state index contributed by atoms with van der Waals surface area (Å²) < 4.78 is 6.49. The van der Waals surface area contributed by atoms with E-state index in [1.54, 1.807) is 0 Å². The van der Waals surface area contributed by atoms with Crippen LogP contribution in [0.2, 0.25) is 0 Å². The first-order valence-corrected chi connectivity index (χ1v) is 10.3. The average Bonchev–Trinajstić information content (AvgIpc) is 3.01. The number of nitrogens with zero attached hydrogens (tertiary/aromatic N) is 2. The Bertz CT molecular complexity index is 563. The van der Waals surface area contributed by atoms with Crippen LogP contribution >= 0.6 is 0 Å². The lowest BCUT2D eigenvalue weighted by Gasteiger charge is -2.41. The molecule has 2 saturated heterocycles. The molecule has 0 N–H and O–H groups in total. The van der Waals surface area contributed by atoms with Gasteiger partial charge in [0.15, 0.2) is 0 Å². The first-order valence-electron chi connectivity index (χ1n) is 10.3. The SMILES string of the molecule is [CH2][C@H](c1ccccc1OC1CCN(C2CCC2)CC1)N1CCC[C@H]1C. The Kier molecular flexibility index (Phi) is 5.33. The fraction of sp³-hybridized carbons (Fsp3) is 0.682. The third-order valence-corrected chi connectivity index (χ3v) is 6.64. The lowest BCUT2D eigenvalue weighted by molar-refractivity contribution is 0.0483. The Hall–Kier alpha value is -1.06. The van der Waals surface area contributed by atoms with Crippen LogP contribution in [-0.2, 0) is 0 Å². The van der Waals surface area contributed by atoms with Crippen molar-refractivity contribution in [1.82, 2.24) is 9.80 Å². The highest BCUT2D eigenvalue weighted by Crippen LogP contribution is 2.35. The van der Waals surface area contributed by atoms with Gasteiger partial charge in [-0.25, -0.2) is 0 Å². The van der Waals surface area contributed by atoms with Crippen LogP contribution in [-0.4, -0.2) is 47.6 Å². The van der Waals surface area contributed by atoms with Crippen molar-refractivity contribution >= 4 is 0 Å². The molecule has 3 nitrogen and oxygen atoms in total. The largest absolute Gasteiger partial charge is 0.490 e. The average molecular weight is 342 g/mol. The van der Waals surface area contributed by atoms with E-state index in [9.17, 15) is 0 Å². The van der Waals surface area contributed by atoms with Gasteiger partial charge in [0.25, 0.3) is 0 Å². The minimum Gasteiger partial charge on any atom is -0.490 e. The van der Waals surface area contributed by atoms with E-state index in [-0.39, 0.29) is 6.04 Å². The van der Waals surface area contributed by atoms with E-state index in [1.807, 2.05) is 0 Å². The third-order valence-electron chi connectivity index (χ3n) is 6.64. The Morgan fingerprint density at radius 3 is 2.40 bits per heavy atom. The molecule has 1 aliphatic carbocycles. The molecular weight excluding hydrogens is 308 g/mol. The molecule has 25 heavy (non-hydrogen) atoms. The molecule has 3 aliphatic rings. The highest BCUT2D eigenvalue weighted by molar-refractivity contribution is 5.37. The van der Waals surface area contributed by atoms with Gasteiger partial charge in [-0.05, 0) is 65.0 Å². The third kappa shape index (κ3) is 3.73. The number of ether oxygens (including phenoxy) is 1. The van der Waals surface area contributed by atoms with Crippen molar-refractivity contribution in [2.45, 2.75) is 76.1 Å². The molecule has 1 saturated carbocycles. The van der Waals surface area contributed by atoms with Crippen molar-refractivity contribution in [1.29, 1.82) is 0 Å². The van der Waals surface area contributed by atoms with Gasteiger partial charge < -0.3 is 9.64 Å². The highest BCUT2D eigenvalue weighted by atomic mass is 16.5. The van der Waals surface area contributed by atoms with Crippen LogP contribution in [0.5, 0.6) is 5.75 Å². The Balaban J connectivity index is 1.39. The Morgan fingerprint density at radius 2 is 1.76 bits per heavy atom. The second kappa shape index (κ2) is 7.67. The topological polar surface area (TPSA) is 15.7 Å². The fourth-order valence-electron chi connectivity index (χ4n) is 4.75. The zero-order valence-corrected chi connectivity index (χ0v) is 15.7. The van der Waals surface area contributed by atoms with E-state index in [1.165, 1.54) is 50.8 Å². The number of benzene rings is 1. The standard InChI is InChI=1S/C22H33N2O/c1-17-7-6-14-24(17)18(2)21-10-3-4-11-22(21)25-20-12-15-23(16-13-20)19-8-5-9-19/h3-4,10-11,17-20H,2,5-9,12-16H2,1H3/t17-,18-/m1/s1. The van der Waals surface area contributed by atoms with Crippen molar-refractivity contribution in [3.05, 3.63) is 36.8 Å². The van der Waals surface area contributed by atoms with E-state index < -0.39 is 0 Å². The summed E-state index contributed by atoms with van der Waals surface area (Å²) in [4.78, 5) is 5.22. The van der Waals surface area contributed by atoms with Crippen molar-refractivity contribution < 1.29 is 4.74 Å². The van der Waals surface area contributed by atoms with Crippen LogP contribution in [0.1, 0.15) is 63.5 Å². The summed E-state index contributed by atoms with van der Waals surface area (Å²) in [6, 6.07) is 10.3. The van der Waals surface area contributed by atoms with Crippen molar-refractivity contribution in [2.75, 3.05) is 19.6 Å². The smallest absolute Gasteiger partial charge is 0.124 e. The van der Waals surface area contributed by atoms with Gasteiger partial charge in [0.2, 0.25) is 0 Å². The van der Waals surface area contributed by atoms with E-state index in [0.717, 1.165) is 31.2 Å². The molecule has 0 spiro atoms. The molecule has 0 aromatic heterocycles. The number of piperidine rings is 1. The molecule has 0 unspecified atom stereocenters. The molecule has 1 radical (unpaired) electrons. The Labute approximate surface area is 153 Å². The second-order valence-electron chi connectivity index (χ2n) is 8.22. The molecule has 1 aromatic carbocycles. The number of hydrogen-bond donors (Lipinski definition) is 0. The molecule has 4 rings (SSSR count). The van der Waals surface area contributed by atoms with E-state index >= 15 is 0 Å².